The molecule has 4 rings (SSSR count). The number of anilines is 1. The van der Waals surface area contributed by atoms with Crippen LogP contribution in [-0.2, 0) is 11.2 Å². The molecule has 0 bridgehead atoms. The molecule has 0 aliphatic carbocycles. The van der Waals surface area contributed by atoms with Crippen molar-refractivity contribution in [3.05, 3.63) is 53.1 Å². The van der Waals surface area contributed by atoms with Gasteiger partial charge in [-0.05, 0) is 36.8 Å². The number of fused-ring (bicyclic) bond motifs is 2. The number of nitrogen functional groups attached to an aromatic ring is 1. The Morgan fingerprint density at radius 2 is 2.00 bits per heavy atom. The molecule has 28 heavy (non-hydrogen) atoms. The second-order valence-electron chi connectivity index (χ2n) is 6.83. The number of nitriles is 1. The van der Waals surface area contributed by atoms with E-state index in [9.17, 15) is 10.1 Å². The van der Waals surface area contributed by atoms with Gasteiger partial charge in [0.2, 0.25) is 6.79 Å². The van der Waals surface area contributed by atoms with Gasteiger partial charge in [-0.1, -0.05) is 12.1 Å². The summed E-state index contributed by atoms with van der Waals surface area (Å²) >= 11 is 5.80. The lowest BCUT2D eigenvalue weighted by atomic mass is 9.88. The van der Waals surface area contributed by atoms with Crippen molar-refractivity contribution in [3.63, 3.8) is 0 Å². The molecule has 1 atom stereocenters. The van der Waals surface area contributed by atoms with E-state index in [1.165, 1.54) is 5.01 Å². The molecular weight excluding hydrogens is 380 g/mol. The number of amides is 1. The molecule has 2 aromatic carbocycles. The van der Waals surface area contributed by atoms with Crippen molar-refractivity contribution in [2.75, 3.05) is 18.4 Å². The van der Waals surface area contributed by atoms with E-state index in [2.05, 4.69) is 11.2 Å². The number of hydrogen-bond acceptors (Lipinski definition) is 6. The molecule has 0 saturated carbocycles. The van der Waals surface area contributed by atoms with E-state index in [-0.39, 0.29) is 19.1 Å². The van der Waals surface area contributed by atoms with Crippen LogP contribution in [0.5, 0.6) is 11.5 Å². The van der Waals surface area contributed by atoms with Crippen LogP contribution in [0.2, 0.25) is 0 Å². The molecule has 1 unspecified atom stereocenters. The Balaban J connectivity index is 1.98. The lowest BCUT2D eigenvalue weighted by molar-refractivity contribution is -0.132. The largest absolute Gasteiger partial charge is 0.454 e. The Hall–Kier alpha value is -3.24. The summed E-state index contributed by atoms with van der Waals surface area (Å²) in [6, 6.07) is 13.1. The van der Waals surface area contributed by atoms with Gasteiger partial charge in [-0.3, -0.25) is 4.79 Å². The zero-order valence-electron chi connectivity index (χ0n) is 15.1. The summed E-state index contributed by atoms with van der Waals surface area (Å²) in [4.78, 5) is 12.5. The summed E-state index contributed by atoms with van der Waals surface area (Å²) in [5.74, 6) is 0.464. The number of hydrazone groups is 1. The monoisotopic (exact) mass is 396 g/mol. The minimum absolute atomic E-state index is 0.138. The standard InChI is InChI=1S/C20H17ClN4O3/c1-20(10-22)8-13-6-16-17(28-11-27-16)7-15(13)19(24-25(20)18(26)9-21)12-2-4-14(23)5-3-12/h2-7H,8-9,11,23H2,1H3. The van der Waals surface area contributed by atoms with Crippen molar-refractivity contribution in [2.24, 2.45) is 5.10 Å². The van der Waals surface area contributed by atoms with Crippen molar-refractivity contribution in [2.45, 2.75) is 18.9 Å². The molecule has 2 heterocycles. The minimum Gasteiger partial charge on any atom is -0.454 e. The van der Waals surface area contributed by atoms with Crippen LogP contribution in [0.1, 0.15) is 23.6 Å². The number of hydrogen-bond donors (Lipinski definition) is 1. The Kier molecular flexibility index (Phi) is 4.36. The molecule has 0 spiro atoms. The van der Waals surface area contributed by atoms with E-state index in [0.717, 1.165) is 16.7 Å². The first-order chi connectivity index (χ1) is 13.4. The van der Waals surface area contributed by atoms with Crippen LogP contribution in [0.4, 0.5) is 5.69 Å². The highest BCUT2D eigenvalue weighted by molar-refractivity contribution is 6.27. The normalized spacial score (nSPS) is 20.0. The number of benzene rings is 2. The average molecular weight is 397 g/mol. The van der Waals surface area contributed by atoms with Crippen LogP contribution in [0.25, 0.3) is 0 Å². The number of halogens is 1. The van der Waals surface area contributed by atoms with Gasteiger partial charge in [0, 0.05) is 23.2 Å². The fourth-order valence-electron chi connectivity index (χ4n) is 3.39. The SMILES string of the molecule is CC1(C#N)Cc2cc3c(cc2C(c2ccc(N)cc2)=NN1C(=O)CCl)OCO3. The first-order valence-electron chi connectivity index (χ1n) is 8.63. The predicted octanol–water partition coefficient (Wildman–Crippen LogP) is 2.66. The smallest absolute Gasteiger partial charge is 0.259 e. The van der Waals surface area contributed by atoms with Gasteiger partial charge >= 0.3 is 0 Å². The molecule has 2 aliphatic heterocycles. The summed E-state index contributed by atoms with van der Waals surface area (Å²) in [5, 5.41) is 15.6. The first-order valence-corrected chi connectivity index (χ1v) is 9.16. The van der Waals surface area contributed by atoms with Gasteiger partial charge in [0.15, 0.2) is 17.0 Å². The lowest BCUT2D eigenvalue weighted by Crippen LogP contribution is -2.47. The van der Waals surface area contributed by atoms with E-state index in [4.69, 9.17) is 26.8 Å². The van der Waals surface area contributed by atoms with Crippen LogP contribution in [0.3, 0.4) is 0 Å². The fourth-order valence-corrected chi connectivity index (χ4v) is 3.50. The second kappa shape index (κ2) is 6.73. The molecule has 2 N–H and O–H groups in total. The van der Waals surface area contributed by atoms with Crippen LogP contribution in [0, 0.1) is 11.3 Å². The first kappa shape index (κ1) is 18.1. The summed E-state index contributed by atoms with van der Waals surface area (Å²) in [7, 11) is 0. The van der Waals surface area contributed by atoms with Gasteiger partial charge in [0.05, 0.1) is 11.8 Å². The molecule has 0 radical (unpaired) electrons. The van der Waals surface area contributed by atoms with Gasteiger partial charge in [-0.15, -0.1) is 11.6 Å². The highest BCUT2D eigenvalue weighted by Crippen LogP contribution is 2.39. The van der Waals surface area contributed by atoms with E-state index >= 15 is 0 Å². The number of nitrogens with zero attached hydrogens (tertiary/aromatic N) is 3. The third kappa shape index (κ3) is 2.92. The molecule has 0 saturated heterocycles. The number of nitrogens with two attached hydrogens (primary N) is 1. The van der Waals surface area contributed by atoms with Crippen LogP contribution < -0.4 is 15.2 Å². The molecule has 1 amide bonds. The van der Waals surface area contributed by atoms with Gasteiger partial charge in [-0.2, -0.15) is 10.4 Å². The van der Waals surface area contributed by atoms with E-state index in [1.54, 1.807) is 19.1 Å². The summed E-state index contributed by atoms with van der Waals surface area (Å²) < 4.78 is 11.0. The molecule has 7 nitrogen and oxygen atoms in total. The molecule has 8 heteroatoms. The molecule has 142 valence electrons. The van der Waals surface area contributed by atoms with Gasteiger partial charge < -0.3 is 15.2 Å². The lowest BCUT2D eigenvalue weighted by Gasteiger charge is -2.30. The Morgan fingerprint density at radius 1 is 1.32 bits per heavy atom. The summed E-state index contributed by atoms with van der Waals surface area (Å²) in [6.45, 7) is 1.81. The number of carbonyl (C=O) groups is 1. The maximum absolute atomic E-state index is 12.5. The highest BCUT2D eigenvalue weighted by Gasteiger charge is 2.40. The molecule has 2 aliphatic rings. The number of ether oxygens (including phenoxy) is 2. The molecule has 0 fully saturated rings. The van der Waals surface area contributed by atoms with Crippen LogP contribution in [-0.4, -0.2) is 34.8 Å². The van der Waals surface area contributed by atoms with Gasteiger partial charge in [0.1, 0.15) is 5.88 Å². The molecular formula is C20H17ClN4O3. The topological polar surface area (TPSA) is 101 Å². The summed E-state index contributed by atoms with van der Waals surface area (Å²) in [5.41, 5.74) is 8.10. The van der Waals surface area contributed by atoms with E-state index in [1.807, 2.05) is 24.3 Å². The van der Waals surface area contributed by atoms with Gasteiger partial charge in [0.25, 0.3) is 5.91 Å². The van der Waals surface area contributed by atoms with Crippen molar-refractivity contribution < 1.29 is 14.3 Å². The second-order valence-corrected chi connectivity index (χ2v) is 7.10. The fraction of sp³-hybridized carbons (Fsp3) is 0.250. The Bertz CT molecular complexity index is 1030. The summed E-state index contributed by atoms with van der Waals surface area (Å²) in [6.07, 6.45) is 0.264. The Morgan fingerprint density at radius 3 is 2.64 bits per heavy atom. The van der Waals surface area contributed by atoms with Crippen LogP contribution >= 0.6 is 11.6 Å². The van der Waals surface area contributed by atoms with Gasteiger partial charge in [-0.25, -0.2) is 5.01 Å². The van der Waals surface area contributed by atoms with Crippen molar-refractivity contribution in [1.82, 2.24) is 5.01 Å². The number of carbonyl (C=O) groups excluding carboxylic acids is 1. The maximum atomic E-state index is 12.5. The zero-order valence-corrected chi connectivity index (χ0v) is 15.9. The average Bonchev–Trinajstić information content (AvgIpc) is 3.11. The van der Waals surface area contributed by atoms with E-state index in [0.29, 0.717) is 22.9 Å². The third-order valence-corrected chi connectivity index (χ3v) is 5.06. The van der Waals surface area contributed by atoms with Crippen molar-refractivity contribution in [3.8, 4) is 17.6 Å². The number of alkyl halides is 1. The predicted molar refractivity (Wildman–Crippen MR) is 104 cm³/mol. The zero-order chi connectivity index (χ0) is 19.9. The Labute approximate surface area is 166 Å². The van der Waals surface area contributed by atoms with Crippen molar-refractivity contribution in [1.29, 1.82) is 5.26 Å². The quantitative estimate of drug-likeness (QED) is 0.621. The minimum atomic E-state index is -1.20. The number of rotatable bonds is 2. The van der Waals surface area contributed by atoms with Crippen LogP contribution in [0.15, 0.2) is 41.5 Å². The third-order valence-electron chi connectivity index (χ3n) is 4.83. The molecule has 0 aromatic heterocycles. The molecule has 2 aromatic rings. The maximum Gasteiger partial charge on any atom is 0.259 e. The van der Waals surface area contributed by atoms with Crippen molar-refractivity contribution >= 4 is 28.9 Å². The highest BCUT2D eigenvalue weighted by atomic mass is 35.5. The van der Waals surface area contributed by atoms with E-state index < -0.39 is 11.4 Å².